The molecule has 3 aromatic carbocycles. The lowest BCUT2D eigenvalue weighted by Gasteiger charge is -2.22. The Morgan fingerprint density at radius 3 is 2.20 bits per heavy atom. The molecule has 41 heavy (non-hydrogen) atoms. The minimum atomic E-state index is -0.978. The molecule has 3 aromatic rings. The van der Waals surface area contributed by atoms with Crippen LogP contribution in [0.15, 0.2) is 83.8 Å². The minimum Gasteiger partial charge on any atom is -0.492 e. The van der Waals surface area contributed by atoms with E-state index in [-0.39, 0.29) is 6.42 Å². The molecule has 8 heteroatoms. The number of hydrogen-bond donors (Lipinski definition) is 1. The number of unbranched alkanes of at least 4 members (excludes halogenated alkanes) is 1. The largest absolute Gasteiger partial charge is 0.492 e. The summed E-state index contributed by atoms with van der Waals surface area (Å²) in [4.78, 5) is 27.4. The van der Waals surface area contributed by atoms with Gasteiger partial charge in [0.2, 0.25) is 0 Å². The molecule has 0 saturated carbocycles. The van der Waals surface area contributed by atoms with Gasteiger partial charge in [-0.2, -0.15) is 0 Å². The van der Waals surface area contributed by atoms with E-state index in [1.54, 1.807) is 24.0 Å². The maximum atomic E-state index is 13.1. The molecule has 1 amide bonds. The zero-order chi connectivity index (χ0) is 29.5. The molecule has 7 nitrogen and oxygen atoms in total. The molecule has 0 bridgehead atoms. The van der Waals surface area contributed by atoms with Gasteiger partial charge in [-0.3, -0.25) is 0 Å². The summed E-state index contributed by atoms with van der Waals surface area (Å²) in [6.07, 6.45) is 0.824. The molecule has 0 saturated heterocycles. The number of thioether (sulfide) groups is 1. The zero-order valence-electron chi connectivity index (χ0n) is 24.2. The number of rotatable bonds is 17. The fourth-order valence-electron chi connectivity index (χ4n) is 4.12. The number of nitrogens with zero attached hydrogens (tertiary/aromatic N) is 1. The molecule has 1 N–H and O–H groups in total. The highest BCUT2D eigenvalue weighted by atomic mass is 32.2. The van der Waals surface area contributed by atoms with Crippen molar-refractivity contribution in [3.8, 4) is 11.5 Å². The van der Waals surface area contributed by atoms with Crippen molar-refractivity contribution in [2.24, 2.45) is 0 Å². The third-order valence-electron chi connectivity index (χ3n) is 6.46. The Hall–Kier alpha value is -3.49. The molecule has 1 unspecified atom stereocenters. The number of hydrogen-bond acceptors (Lipinski definition) is 6. The summed E-state index contributed by atoms with van der Waals surface area (Å²) in [5, 5.41) is 9.31. The Morgan fingerprint density at radius 2 is 1.56 bits per heavy atom. The van der Waals surface area contributed by atoms with Gasteiger partial charge in [0.15, 0.2) is 6.10 Å². The Balaban J connectivity index is 1.53. The minimum absolute atomic E-state index is 0.282. The Kier molecular flexibility index (Phi) is 13.6. The smallest absolute Gasteiger partial charge is 0.415 e. The summed E-state index contributed by atoms with van der Waals surface area (Å²) < 4.78 is 16.9. The first-order chi connectivity index (χ1) is 19.9. The second kappa shape index (κ2) is 17.4. The predicted octanol–water partition coefficient (Wildman–Crippen LogP) is 7.29. The molecule has 0 fully saturated rings. The molecule has 220 valence electrons. The molecule has 0 spiro atoms. The molecule has 0 heterocycles. The van der Waals surface area contributed by atoms with Crippen molar-refractivity contribution in [2.75, 3.05) is 32.1 Å². The van der Waals surface area contributed by atoms with Crippen molar-refractivity contribution >= 4 is 23.8 Å². The van der Waals surface area contributed by atoms with E-state index in [9.17, 15) is 14.7 Å². The van der Waals surface area contributed by atoms with Crippen LogP contribution >= 0.6 is 11.8 Å². The van der Waals surface area contributed by atoms with Crippen LogP contribution in [-0.2, 0) is 16.0 Å². The third kappa shape index (κ3) is 11.5. The molecule has 0 aliphatic heterocycles. The second-order valence-electron chi connectivity index (χ2n) is 9.93. The van der Waals surface area contributed by atoms with Gasteiger partial charge >= 0.3 is 12.1 Å². The SMILES string of the molecule is CCOC(Cc1ccc(OCCN(CCCCSc2ccccc2)C(=O)Oc2ccc(C(C)C)cc2)cc1)C(=O)O. The van der Waals surface area contributed by atoms with Crippen molar-refractivity contribution < 1.29 is 28.9 Å². The van der Waals surface area contributed by atoms with E-state index in [4.69, 9.17) is 14.2 Å². The Morgan fingerprint density at radius 1 is 0.878 bits per heavy atom. The molecular weight excluding hydrogens is 538 g/mol. The van der Waals surface area contributed by atoms with Gasteiger partial charge in [0.1, 0.15) is 18.1 Å². The summed E-state index contributed by atoms with van der Waals surface area (Å²) >= 11 is 1.81. The number of carboxylic acid groups (broad SMARTS) is 1. The number of amides is 1. The van der Waals surface area contributed by atoms with E-state index >= 15 is 0 Å². The fourth-order valence-corrected chi connectivity index (χ4v) is 5.05. The maximum absolute atomic E-state index is 13.1. The van der Waals surface area contributed by atoms with Crippen LogP contribution in [0.3, 0.4) is 0 Å². The quantitative estimate of drug-likeness (QED) is 0.133. The highest BCUT2D eigenvalue weighted by Gasteiger charge is 2.18. The predicted molar refractivity (Wildman–Crippen MR) is 163 cm³/mol. The van der Waals surface area contributed by atoms with Crippen LogP contribution in [0.2, 0.25) is 0 Å². The topological polar surface area (TPSA) is 85.3 Å². The lowest BCUT2D eigenvalue weighted by atomic mass is 10.0. The first kappa shape index (κ1) is 32.0. The number of carboxylic acids is 1. The summed E-state index contributed by atoms with van der Waals surface area (Å²) in [6, 6.07) is 25.2. The molecule has 0 aliphatic rings. The first-order valence-corrected chi connectivity index (χ1v) is 15.1. The van der Waals surface area contributed by atoms with E-state index in [2.05, 4.69) is 26.0 Å². The Bertz CT molecular complexity index is 1180. The van der Waals surface area contributed by atoms with Gasteiger partial charge in [-0.1, -0.05) is 56.3 Å². The number of carbonyl (C=O) groups is 2. The number of ether oxygens (including phenoxy) is 3. The van der Waals surface area contributed by atoms with Crippen LogP contribution in [0.4, 0.5) is 4.79 Å². The van der Waals surface area contributed by atoms with Gasteiger partial charge in [0.25, 0.3) is 0 Å². The molecular formula is C33H41NO6S. The van der Waals surface area contributed by atoms with E-state index in [0.717, 1.165) is 24.2 Å². The highest BCUT2D eigenvalue weighted by molar-refractivity contribution is 7.99. The van der Waals surface area contributed by atoms with Crippen molar-refractivity contribution in [2.45, 2.75) is 57.0 Å². The van der Waals surface area contributed by atoms with Gasteiger partial charge in [-0.05, 0) is 79.0 Å². The van der Waals surface area contributed by atoms with Gasteiger partial charge in [-0.15, -0.1) is 11.8 Å². The average Bonchev–Trinajstić information content (AvgIpc) is 2.97. The van der Waals surface area contributed by atoms with Crippen LogP contribution < -0.4 is 9.47 Å². The number of benzene rings is 3. The van der Waals surface area contributed by atoms with E-state index < -0.39 is 18.2 Å². The normalized spacial score (nSPS) is 11.7. The second-order valence-corrected chi connectivity index (χ2v) is 11.1. The van der Waals surface area contributed by atoms with Crippen LogP contribution in [0.1, 0.15) is 50.7 Å². The van der Waals surface area contributed by atoms with Crippen molar-refractivity contribution in [3.05, 3.63) is 90.0 Å². The van der Waals surface area contributed by atoms with Crippen LogP contribution in [-0.4, -0.2) is 60.2 Å². The molecule has 0 radical (unpaired) electrons. The lowest BCUT2D eigenvalue weighted by molar-refractivity contribution is -0.149. The summed E-state index contributed by atoms with van der Waals surface area (Å²) in [6.45, 7) is 7.61. The Labute approximate surface area is 247 Å². The zero-order valence-corrected chi connectivity index (χ0v) is 25.0. The summed E-state index contributed by atoms with van der Waals surface area (Å²) in [5.74, 6) is 1.56. The van der Waals surface area contributed by atoms with E-state index in [1.807, 2.05) is 66.4 Å². The first-order valence-electron chi connectivity index (χ1n) is 14.2. The van der Waals surface area contributed by atoms with Gasteiger partial charge in [-0.25, -0.2) is 9.59 Å². The average molecular weight is 580 g/mol. The van der Waals surface area contributed by atoms with E-state index in [1.165, 1.54) is 10.5 Å². The summed E-state index contributed by atoms with van der Waals surface area (Å²) in [7, 11) is 0. The van der Waals surface area contributed by atoms with Crippen LogP contribution in [0.5, 0.6) is 11.5 Å². The van der Waals surface area contributed by atoms with Crippen molar-refractivity contribution in [3.63, 3.8) is 0 Å². The lowest BCUT2D eigenvalue weighted by Crippen LogP contribution is -2.37. The number of aliphatic carboxylic acids is 1. The van der Waals surface area contributed by atoms with Crippen LogP contribution in [0.25, 0.3) is 0 Å². The molecule has 0 aromatic heterocycles. The monoisotopic (exact) mass is 579 g/mol. The van der Waals surface area contributed by atoms with Gasteiger partial charge in [0, 0.05) is 24.5 Å². The molecule has 3 rings (SSSR count). The van der Waals surface area contributed by atoms with Gasteiger partial charge in [0.05, 0.1) is 6.54 Å². The van der Waals surface area contributed by atoms with E-state index in [0.29, 0.717) is 43.7 Å². The van der Waals surface area contributed by atoms with Crippen molar-refractivity contribution in [1.29, 1.82) is 0 Å². The van der Waals surface area contributed by atoms with Crippen molar-refractivity contribution in [1.82, 2.24) is 4.90 Å². The standard InChI is InChI=1S/C33H41NO6S/c1-4-38-31(32(35)36)24-26-12-16-28(17-13-26)39-22-21-34(20-8-9-23-41-30-10-6-5-7-11-30)33(37)40-29-18-14-27(15-19-29)25(2)3/h5-7,10-19,25,31H,4,8-9,20-24H2,1-3H3,(H,35,36). The highest BCUT2D eigenvalue weighted by Crippen LogP contribution is 2.21. The third-order valence-corrected chi connectivity index (χ3v) is 7.56. The fraction of sp³-hybridized carbons (Fsp3) is 0.394. The maximum Gasteiger partial charge on any atom is 0.415 e. The van der Waals surface area contributed by atoms with Gasteiger partial charge < -0.3 is 24.2 Å². The van der Waals surface area contributed by atoms with Crippen LogP contribution in [0, 0.1) is 0 Å². The molecule has 1 atom stereocenters. The number of carbonyl (C=O) groups excluding carboxylic acids is 1. The summed E-state index contributed by atoms with van der Waals surface area (Å²) in [5.41, 5.74) is 2.04. The molecule has 0 aliphatic carbocycles.